The Morgan fingerprint density at radius 3 is 2.52 bits per heavy atom. The standard InChI is InChI=1S/C18H24N4O4S/c1-21(2)17-18(20-11-10-19-17)26-15-5-4-12-22(13-15)27(23,24)16-8-6-14(25-3)7-9-16/h6-11,15H,4-5,12-13H2,1-3H3. The molecule has 2 heterocycles. The maximum atomic E-state index is 13.0. The van der Waals surface area contributed by atoms with E-state index in [0.717, 1.165) is 12.8 Å². The molecule has 0 spiro atoms. The van der Waals surface area contributed by atoms with Gasteiger partial charge in [-0.15, -0.1) is 0 Å². The van der Waals surface area contributed by atoms with Crippen molar-refractivity contribution in [3.8, 4) is 11.6 Å². The van der Waals surface area contributed by atoms with Crippen molar-refractivity contribution in [1.29, 1.82) is 0 Å². The van der Waals surface area contributed by atoms with Crippen molar-refractivity contribution in [3.63, 3.8) is 0 Å². The number of aromatic nitrogens is 2. The molecule has 9 heteroatoms. The number of methoxy groups -OCH3 is 1. The summed E-state index contributed by atoms with van der Waals surface area (Å²) in [4.78, 5) is 10.6. The fraction of sp³-hybridized carbons (Fsp3) is 0.444. The maximum Gasteiger partial charge on any atom is 0.257 e. The fourth-order valence-corrected chi connectivity index (χ4v) is 4.49. The van der Waals surface area contributed by atoms with Crippen LogP contribution in [0.15, 0.2) is 41.6 Å². The molecule has 3 rings (SSSR count). The topological polar surface area (TPSA) is 84.9 Å². The Labute approximate surface area is 159 Å². The van der Waals surface area contributed by atoms with Crippen LogP contribution in [0.1, 0.15) is 12.8 Å². The average molecular weight is 392 g/mol. The first kappa shape index (κ1) is 19.4. The molecule has 0 radical (unpaired) electrons. The molecular weight excluding hydrogens is 368 g/mol. The first-order valence-corrected chi connectivity index (χ1v) is 10.1. The van der Waals surface area contributed by atoms with Crippen LogP contribution in [-0.2, 0) is 10.0 Å². The summed E-state index contributed by atoms with van der Waals surface area (Å²) in [6.45, 7) is 0.743. The minimum Gasteiger partial charge on any atom is -0.497 e. The molecule has 0 N–H and O–H groups in total. The maximum absolute atomic E-state index is 13.0. The van der Waals surface area contributed by atoms with Gasteiger partial charge in [0.25, 0.3) is 5.88 Å². The zero-order valence-electron chi connectivity index (χ0n) is 15.7. The highest BCUT2D eigenvalue weighted by Crippen LogP contribution is 2.27. The second kappa shape index (κ2) is 8.10. The number of ether oxygens (including phenoxy) is 2. The van der Waals surface area contributed by atoms with Gasteiger partial charge in [-0.05, 0) is 37.1 Å². The molecule has 1 saturated heterocycles. The van der Waals surface area contributed by atoms with Crippen molar-refractivity contribution in [2.45, 2.75) is 23.8 Å². The minimum atomic E-state index is -3.59. The molecule has 0 saturated carbocycles. The van der Waals surface area contributed by atoms with Gasteiger partial charge < -0.3 is 14.4 Å². The summed E-state index contributed by atoms with van der Waals surface area (Å²) < 4.78 is 38.5. The van der Waals surface area contributed by atoms with Crippen LogP contribution < -0.4 is 14.4 Å². The van der Waals surface area contributed by atoms with Crippen LogP contribution in [0.5, 0.6) is 11.6 Å². The van der Waals surface area contributed by atoms with Crippen molar-refractivity contribution in [3.05, 3.63) is 36.7 Å². The first-order chi connectivity index (χ1) is 12.9. The molecule has 27 heavy (non-hydrogen) atoms. The summed E-state index contributed by atoms with van der Waals surface area (Å²) in [6.07, 6.45) is 4.37. The van der Waals surface area contributed by atoms with E-state index in [2.05, 4.69) is 9.97 Å². The second-order valence-electron chi connectivity index (χ2n) is 6.50. The predicted molar refractivity (Wildman–Crippen MR) is 102 cm³/mol. The number of sulfonamides is 1. The molecule has 0 bridgehead atoms. The van der Waals surface area contributed by atoms with E-state index >= 15 is 0 Å². The lowest BCUT2D eigenvalue weighted by molar-refractivity contribution is 0.125. The van der Waals surface area contributed by atoms with E-state index in [1.54, 1.807) is 43.8 Å². The lowest BCUT2D eigenvalue weighted by atomic mass is 10.1. The Kier molecular flexibility index (Phi) is 5.81. The third-order valence-corrected chi connectivity index (χ3v) is 6.27. The predicted octanol–water partition coefficient (Wildman–Crippen LogP) is 1.78. The van der Waals surface area contributed by atoms with Gasteiger partial charge in [0.1, 0.15) is 11.9 Å². The molecule has 146 valence electrons. The van der Waals surface area contributed by atoms with Crippen LogP contribution in [0.3, 0.4) is 0 Å². The molecule has 1 aromatic carbocycles. The number of hydrogen-bond acceptors (Lipinski definition) is 7. The molecule has 0 aliphatic carbocycles. The van der Waals surface area contributed by atoms with Gasteiger partial charge in [-0.1, -0.05) is 0 Å². The van der Waals surface area contributed by atoms with E-state index in [9.17, 15) is 8.42 Å². The van der Waals surface area contributed by atoms with E-state index in [1.807, 2.05) is 19.0 Å². The van der Waals surface area contributed by atoms with Crippen LogP contribution >= 0.6 is 0 Å². The van der Waals surface area contributed by atoms with Crippen LogP contribution in [0.4, 0.5) is 5.82 Å². The van der Waals surface area contributed by atoms with Gasteiger partial charge in [0.2, 0.25) is 10.0 Å². The normalized spacial score (nSPS) is 18.1. The van der Waals surface area contributed by atoms with E-state index in [0.29, 0.717) is 24.0 Å². The van der Waals surface area contributed by atoms with Crippen molar-refractivity contribution in [1.82, 2.24) is 14.3 Å². The first-order valence-electron chi connectivity index (χ1n) is 8.71. The van der Waals surface area contributed by atoms with Gasteiger partial charge in [-0.2, -0.15) is 4.31 Å². The number of hydrogen-bond donors (Lipinski definition) is 0. The van der Waals surface area contributed by atoms with Gasteiger partial charge in [0.05, 0.1) is 18.6 Å². The lowest BCUT2D eigenvalue weighted by Gasteiger charge is -2.32. The summed E-state index contributed by atoms with van der Waals surface area (Å²) in [5.74, 6) is 1.65. The lowest BCUT2D eigenvalue weighted by Crippen LogP contribution is -2.44. The molecule has 2 aromatic rings. The summed E-state index contributed by atoms with van der Waals surface area (Å²) in [6, 6.07) is 6.42. The van der Waals surface area contributed by atoms with Gasteiger partial charge in [-0.25, -0.2) is 18.4 Å². The van der Waals surface area contributed by atoms with Crippen molar-refractivity contribution in [2.75, 3.05) is 39.2 Å². The highest BCUT2D eigenvalue weighted by molar-refractivity contribution is 7.89. The minimum absolute atomic E-state index is 0.248. The van der Waals surface area contributed by atoms with Gasteiger partial charge in [-0.3, -0.25) is 0 Å². The zero-order chi connectivity index (χ0) is 19.4. The van der Waals surface area contributed by atoms with Gasteiger partial charge >= 0.3 is 0 Å². The van der Waals surface area contributed by atoms with Crippen molar-refractivity contribution >= 4 is 15.8 Å². The van der Waals surface area contributed by atoms with Crippen molar-refractivity contribution < 1.29 is 17.9 Å². The Morgan fingerprint density at radius 2 is 1.85 bits per heavy atom. The number of piperidine rings is 1. The zero-order valence-corrected chi connectivity index (χ0v) is 16.5. The highest BCUT2D eigenvalue weighted by atomic mass is 32.2. The third kappa shape index (κ3) is 4.30. The average Bonchev–Trinajstić information content (AvgIpc) is 2.68. The summed E-state index contributed by atoms with van der Waals surface area (Å²) >= 11 is 0. The highest BCUT2D eigenvalue weighted by Gasteiger charge is 2.32. The molecule has 0 amide bonds. The van der Waals surface area contributed by atoms with Crippen LogP contribution in [-0.4, -0.2) is 63.1 Å². The van der Waals surface area contributed by atoms with Gasteiger partial charge in [0.15, 0.2) is 5.82 Å². The largest absolute Gasteiger partial charge is 0.497 e. The molecule has 1 unspecified atom stereocenters. The fourth-order valence-electron chi connectivity index (χ4n) is 2.98. The Balaban J connectivity index is 1.75. The molecule has 1 atom stereocenters. The molecule has 1 aromatic heterocycles. The number of benzene rings is 1. The summed E-state index contributed by atoms with van der Waals surface area (Å²) in [7, 11) is 1.68. The third-order valence-electron chi connectivity index (χ3n) is 4.39. The van der Waals surface area contributed by atoms with E-state index in [1.165, 1.54) is 4.31 Å². The SMILES string of the molecule is COc1ccc(S(=O)(=O)N2CCCC(Oc3nccnc3N(C)C)C2)cc1. The van der Waals surface area contributed by atoms with Crippen LogP contribution in [0, 0.1) is 0 Å². The number of anilines is 1. The molecular formula is C18H24N4O4S. The summed E-state index contributed by atoms with van der Waals surface area (Å²) in [5, 5.41) is 0. The van der Waals surface area contributed by atoms with E-state index in [-0.39, 0.29) is 17.5 Å². The molecule has 1 aliphatic heterocycles. The smallest absolute Gasteiger partial charge is 0.257 e. The Hall–Kier alpha value is -2.39. The summed E-state index contributed by atoms with van der Waals surface area (Å²) in [5.41, 5.74) is 0. The Bertz CT molecular complexity index is 871. The molecule has 1 fully saturated rings. The number of rotatable bonds is 6. The Morgan fingerprint density at radius 1 is 1.15 bits per heavy atom. The van der Waals surface area contributed by atoms with Crippen molar-refractivity contribution in [2.24, 2.45) is 0 Å². The van der Waals surface area contributed by atoms with Crippen LogP contribution in [0.2, 0.25) is 0 Å². The van der Waals surface area contributed by atoms with E-state index < -0.39 is 10.0 Å². The quantitative estimate of drug-likeness (QED) is 0.741. The monoisotopic (exact) mass is 392 g/mol. The van der Waals surface area contributed by atoms with Gasteiger partial charge in [0, 0.05) is 33.0 Å². The number of nitrogens with zero attached hydrogens (tertiary/aromatic N) is 4. The van der Waals surface area contributed by atoms with Crippen LogP contribution in [0.25, 0.3) is 0 Å². The van der Waals surface area contributed by atoms with E-state index in [4.69, 9.17) is 9.47 Å². The molecule has 8 nitrogen and oxygen atoms in total. The molecule has 1 aliphatic rings. The second-order valence-corrected chi connectivity index (χ2v) is 8.44.